The second-order valence-corrected chi connectivity index (χ2v) is 14.1. The van der Waals surface area contributed by atoms with Crippen LogP contribution in [0.5, 0.6) is 0 Å². The average molecular weight is 477 g/mol. The van der Waals surface area contributed by atoms with E-state index in [1.807, 2.05) is 6.26 Å². The monoisotopic (exact) mass is 476 g/mol. The van der Waals surface area contributed by atoms with E-state index in [1.165, 1.54) is 64.2 Å². The van der Waals surface area contributed by atoms with E-state index in [-0.39, 0.29) is 0 Å². The SMILES string of the molecule is CSC(=S)O[C@H]1CC[C@@]2(C)C(=CC[C@@H]3[C@H]4CC[C@@H]([C@@H](C)CCCC(C)C)[C@@]4(C)CC[C@H]32)C1. The van der Waals surface area contributed by atoms with E-state index < -0.39 is 0 Å². The molecular weight excluding hydrogens is 428 g/mol. The van der Waals surface area contributed by atoms with Crippen molar-refractivity contribution in [3.8, 4) is 0 Å². The highest BCUT2D eigenvalue weighted by molar-refractivity contribution is 8.22. The molecule has 3 heteroatoms. The van der Waals surface area contributed by atoms with Gasteiger partial charge in [0.05, 0.1) is 0 Å². The molecule has 0 saturated heterocycles. The lowest BCUT2D eigenvalue weighted by Crippen LogP contribution is -2.51. The van der Waals surface area contributed by atoms with Gasteiger partial charge in [0.15, 0.2) is 0 Å². The van der Waals surface area contributed by atoms with Crippen molar-refractivity contribution in [2.24, 2.45) is 46.3 Å². The second kappa shape index (κ2) is 9.92. The van der Waals surface area contributed by atoms with Crippen LogP contribution in [0, 0.1) is 46.3 Å². The Balaban J connectivity index is 1.45. The van der Waals surface area contributed by atoms with Gasteiger partial charge in [-0.1, -0.05) is 77.3 Å². The highest BCUT2D eigenvalue weighted by atomic mass is 32.2. The molecule has 4 aliphatic carbocycles. The number of hydrogen-bond acceptors (Lipinski definition) is 3. The lowest BCUT2D eigenvalue weighted by molar-refractivity contribution is -0.0561. The number of rotatable bonds is 6. The van der Waals surface area contributed by atoms with Crippen molar-refractivity contribution in [3.05, 3.63) is 11.6 Å². The van der Waals surface area contributed by atoms with Crippen LogP contribution in [-0.2, 0) is 4.74 Å². The Labute approximate surface area is 208 Å². The Morgan fingerprint density at radius 2 is 1.88 bits per heavy atom. The number of allylic oxidation sites excluding steroid dienone is 1. The molecule has 0 N–H and O–H groups in total. The van der Waals surface area contributed by atoms with Gasteiger partial charge in [-0.15, -0.1) is 0 Å². The minimum absolute atomic E-state index is 0.308. The summed E-state index contributed by atoms with van der Waals surface area (Å²) in [6.45, 7) is 12.7. The van der Waals surface area contributed by atoms with Crippen molar-refractivity contribution >= 4 is 28.4 Å². The normalized spacial score (nSPS) is 42.0. The molecule has 0 aromatic rings. The first-order valence-corrected chi connectivity index (χ1v) is 15.3. The molecule has 0 spiro atoms. The minimum Gasteiger partial charge on any atom is -0.475 e. The highest BCUT2D eigenvalue weighted by Crippen LogP contribution is 2.67. The molecule has 4 aliphatic rings. The van der Waals surface area contributed by atoms with Gasteiger partial charge >= 0.3 is 0 Å². The van der Waals surface area contributed by atoms with Gasteiger partial charge in [0.1, 0.15) is 6.10 Å². The average Bonchev–Trinajstić information content (AvgIpc) is 3.11. The molecule has 0 amide bonds. The van der Waals surface area contributed by atoms with E-state index in [4.69, 9.17) is 17.0 Å². The van der Waals surface area contributed by atoms with E-state index in [0.29, 0.717) is 16.9 Å². The van der Waals surface area contributed by atoms with E-state index in [9.17, 15) is 0 Å². The number of fused-ring (bicyclic) bond motifs is 5. The zero-order valence-electron chi connectivity index (χ0n) is 21.6. The molecule has 0 unspecified atom stereocenters. The van der Waals surface area contributed by atoms with Gasteiger partial charge in [0, 0.05) is 6.42 Å². The summed E-state index contributed by atoms with van der Waals surface area (Å²) in [7, 11) is 0. The lowest BCUT2D eigenvalue weighted by Gasteiger charge is -2.58. The van der Waals surface area contributed by atoms with Crippen LogP contribution in [0.1, 0.15) is 105 Å². The van der Waals surface area contributed by atoms with Crippen LogP contribution in [0.2, 0.25) is 0 Å². The standard InChI is InChI=1S/C29H48OS2/c1-19(2)8-7-9-20(3)24-12-13-25-23-11-10-21-18-22(30-27(31)32-6)14-16-28(21,4)26(23)15-17-29(24,25)5/h10,19-20,22-26H,7-9,11-18H2,1-6H3/t20-,22-,23+,24-,25+,26+,28-,29+/m0/s1. The van der Waals surface area contributed by atoms with E-state index in [0.717, 1.165) is 46.3 Å². The van der Waals surface area contributed by atoms with Crippen molar-refractivity contribution in [3.63, 3.8) is 0 Å². The summed E-state index contributed by atoms with van der Waals surface area (Å²) in [4.78, 5) is 0. The maximum absolute atomic E-state index is 6.10. The fourth-order valence-corrected chi connectivity index (χ4v) is 9.31. The van der Waals surface area contributed by atoms with Gasteiger partial charge in [-0.3, -0.25) is 0 Å². The first kappa shape index (κ1) is 25.1. The molecule has 0 aliphatic heterocycles. The molecule has 182 valence electrons. The molecule has 8 atom stereocenters. The lowest BCUT2D eigenvalue weighted by atomic mass is 9.47. The second-order valence-electron chi connectivity index (χ2n) is 12.7. The largest absolute Gasteiger partial charge is 0.475 e. The fourth-order valence-electron chi connectivity index (χ4n) is 8.94. The van der Waals surface area contributed by atoms with Gasteiger partial charge in [-0.05, 0) is 110 Å². The maximum Gasteiger partial charge on any atom is 0.219 e. The van der Waals surface area contributed by atoms with Gasteiger partial charge in [0.25, 0.3) is 0 Å². The van der Waals surface area contributed by atoms with Gasteiger partial charge in [0.2, 0.25) is 4.38 Å². The van der Waals surface area contributed by atoms with E-state index >= 15 is 0 Å². The zero-order valence-corrected chi connectivity index (χ0v) is 23.3. The summed E-state index contributed by atoms with van der Waals surface area (Å²) in [5.74, 6) is 5.47. The summed E-state index contributed by atoms with van der Waals surface area (Å²) in [6.07, 6.45) is 20.1. The molecule has 0 heterocycles. The molecule has 0 aromatic heterocycles. The van der Waals surface area contributed by atoms with Crippen molar-refractivity contribution in [2.45, 2.75) is 111 Å². The molecule has 3 fully saturated rings. The van der Waals surface area contributed by atoms with Gasteiger partial charge < -0.3 is 4.74 Å². The minimum atomic E-state index is 0.308. The van der Waals surface area contributed by atoms with Crippen LogP contribution in [-0.4, -0.2) is 16.7 Å². The summed E-state index contributed by atoms with van der Waals surface area (Å²) >= 11 is 6.93. The molecular formula is C29H48OS2. The molecule has 0 radical (unpaired) electrons. The Morgan fingerprint density at radius 1 is 1.09 bits per heavy atom. The Bertz CT molecular complexity index is 714. The number of ether oxygens (including phenoxy) is 1. The van der Waals surface area contributed by atoms with Crippen LogP contribution in [0.4, 0.5) is 0 Å². The summed E-state index contributed by atoms with van der Waals surface area (Å²) in [6, 6.07) is 0. The molecule has 32 heavy (non-hydrogen) atoms. The number of thioether (sulfide) groups is 1. The molecule has 0 aromatic carbocycles. The third-order valence-corrected chi connectivity index (χ3v) is 11.7. The maximum atomic E-state index is 6.10. The quantitative estimate of drug-likeness (QED) is 0.279. The van der Waals surface area contributed by atoms with Crippen molar-refractivity contribution in [1.82, 2.24) is 0 Å². The van der Waals surface area contributed by atoms with Crippen molar-refractivity contribution in [2.75, 3.05) is 6.26 Å². The Morgan fingerprint density at radius 3 is 2.59 bits per heavy atom. The Kier molecular flexibility index (Phi) is 7.78. The number of hydrogen-bond donors (Lipinski definition) is 0. The fraction of sp³-hybridized carbons (Fsp3) is 0.897. The van der Waals surface area contributed by atoms with Crippen LogP contribution in [0.3, 0.4) is 0 Å². The third kappa shape index (κ3) is 4.60. The van der Waals surface area contributed by atoms with Crippen LogP contribution >= 0.6 is 24.0 Å². The summed E-state index contributed by atoms with van der Waals surface area (Å²) in [5.41, 5.74) is 2.70. The van der Waals surface area contributed by atoms with Gasteiger partial charge in [-0.2, -0.15) is 0 Å². The Hall–Kier alpha value is -0.0200. The third-order valence-electron chi connectivity index (χ3n) is 10.7. The molecule has 3 saturated carbocycles. The molecule has 0 bridgehead atoms. The van der Waals surface area contributed by atoms with Crippen molar-refractivity contribution < 1.29 is 4.74 Å². The smallest absolute Gasteiger partial charge is 0.219 e. The van der Waals surface area contributed by atoms with E-state index in [2.05, 4.69) is 40.7 Å². The van der Waals surface area contributed by atoms with Crippen LogP contribution in [0.15, 0.2) is 11.6 Å². The predicted molar refractivity (Wildman–Crippen MR) is 144 cm³/mol. The van der Waals surface area contributed by atoms with E-state index in [1.54, 1.807) is 17.3 Å². The van der Waals surface area contributed by atoms with Crippen LogP contribution < -0.4 is 0 Å². The molecule has 1 nitrogen and oxygen atoms in total. The summed E-state index contributed by atoms with van der Waals surface area (Å²) < 4.78 is 6.82. The number of thiocarbonyl (C=S) groups is 1. The predicted octanol–water partition coefficient (Wildman–Crippen LogP) is 9.06. The first-order valence-electron chi connectivity index (χ1n) is 13.6. The first-order chi connectivity index (χ1) is 15.2. The summed E-state index contributed by atoms with van der Waals surface area (Å²) in [5, 5.41) is 0. The van der Waals surface area contributed by atoms with Gasteiger partial charge in [-0.25, -0.2) is 0 Å². The van der Waals surface area contributed by atoms with Crippen molar-refractivity contribution in [1.29, 1.82) is 0 Å². The highest BCUT2D eigenvalue weighted by Gasteiger charge is 2.59. The molecule has 4 rings (SSSR count). The van der Waals surface area contributed by atoms with Crippen LogP contribution in [0.25, 0.3) is 0 Å². The zero-order chi connectivity index (χ0) is 23.1. The topological polar surface area (TPSA) is 9.23 Å².